The zero-order valence-corrected chi connectivity index (χ0v) is 18.0. The van der Waals surface area contributed by atoms with Crippen molar-refractivity contribution in [3.8, 4) is 10.7 Å². The largest absolute Gasteiger partial charge is 0.302 e. The van der Waals surface area contributed by atoms with Crippen molar-refractivity contribution < 1.29 is 4.79 Å². The van der Waals surface area contributed by atoms with E-state index >= 15 is 0 Å². The maximum absolute atomic E-state index is 12.9. The van der Waals surface area contributed by atoms with Crippen molar-refractivity contribution >= 4 is 28.9 Å². The molecule has 0 radical (unpaired) electrons. The Morgan fingerprint density at radius 2 is 1.89 bits per heavy atom. The number of ketones is 1. The quantitative estimate of drug-likeness (QED) is 0.395. The second kappa shape index (κ2) is 7.98. The molecule has 0 saturated heterocycles. The van der Waals surface area contributed by atoms with Gasteiger partial charge in [-0.25, -0.2) is 0 Å². The lowest BCUT2D eigenvalue weighted by Crippen LogP contribution is -2.16. The van der Waals surface area contributed by atoms with Gasteiger partial charge in [0.2, 0.25) is 0 Å². The molecular formula is C21H25N3OS2. The van der Waals surface area contributed by atoms with Crippen LogP contribution in [0.5, 0.6) is 0 Å². The van der Waals surface area contributed by atoms with Crippen LogP contribution in [0.3, 0.4) is 0 Å². The first kappa shape index (κ1) is 19.8. The summed E-state index contributed by atoms with van der Waals surface area (Å²) in [4.78, 5) is 14.0. The Morgan fingerprint density at radius 1 is 1.19 bits per heavy atom. The first-order valence-corrected chi connectivity index (χ1v) is 10.9. The van der Waals surface area contributed by atoms with E-state index in [0.717, 1.165) is 28.0 Å². The van der Waals surface area contributed by atoms with Gasteiger partial charge >= 0.3 is 0 Å². The van der Waals surface area contributed by atoms with Gasteiger partial charge in [0.05, 0.1) is 10.1 Å². The third-order valence-electron chi connectivity index (χ3n) is 4.46. The van der Waals surface area contributed by atoms with E-state index < -0.39 is 0 Å². The summed E-state index contributed by atoms with van der Waals surface area (Å²) >= 11 is 3.11. The fourth-order valence-electron chi connectivity index (χ4n) is 2.83. The molecule has 2 aromatic heterocycles. The molecule has 27 heavy (non-hydrogen) atoms. The predicted molar refractivity (Wildman–Crippen MR) is 114 cm³/mol. The molecule has 0 amide bonds. The molecule has 0 bridgehead atoms. The molecule has 2 heterocycles. The van der Waals surface area contributed by atoms with E-state index in [4.69, 9.17) is 0 Å². The van der Waals surface area contributed by atoms with Crippen LogP contribution in [0.2, 0.25) is 0 Å². The first-order chi connectivity index (χ1) is 12.8. The second-order valence-electron chi connectivity index (χ2n) is 7.48. The lowest BCUT2D eigenvalue weighted by Gasteiger charge is -2.19. The summed E-state index contributed by atoms with van der Waals surface area (Å²) in [7, 11) is 0. The number of carbonyl (C=O) groups is 1. The normalized spacial score (nSPS) is 12.9. The molecule has 1 aromatic carbocycles. The van der Waals surface area contributed by atoms with Crippen molar-refractivity contribution in [2.24, 2.45) is 0 Å². The van der Waals surface area contributed by atoms with Crippen LogP contribution in [0.4, 0.5) is 0 Å². The maximum Gasteiger partial charge on any atom is 0.192 e. The van der Waals surface area contributed by atoms with Gasteiger partial charge in [-0.1, -0.05) is 62.9 Å². The minimum absolute atomic E-state index is 0.0810. The standard InChI is InChI=1S/C21H25N3OS2/c1-6-24-19(17-8-7-13-26-17)22-23-20(24)27-14(2)18(25)15-9-11-16(12-10-15)21(3,4)5/h7-14H,6H2,1-5H3/t14-/m1/s1. The Balaban J connectivity index is 1.77. The lowest BCUT2D eigenvalue weighted by atomic mass is 9.86. The van der Waals surface area contributed by atoms with Gasteiger partial charge in [-0.05, 0) is 36.3 Å². The summed E-state index contributed by atoms with van der Waals surface area (Å²) in [5.74, 6) is 0.980. The molecule has 142 valence electrons. The average molecular weight is 400 g/mol. The van der Waals surface area contributed by atoms with Gasteiger partial charge in [0.15, 0.2) is 16.8 Å². The monoisotopic (exact) mass is 399 g/mol. The van der Waals surface area contributed by atoms with Crippen molar-refractivity contribution in [1.82, 2.24) is 14.8 Å². The summed E-state index contributed by atoms with van der Waals surface area (Å²) in [6.45, 7) is 11.3. The zero-order chi connectivity index (χ0) is 19.6. The summed E-state index contributed by atoms with van der Waals surface area (Å²) in [5.41, 5.74) is 2.05. The van der Waals surface area contributed by atoms with Crippen LogP contribution in [-0.2, 0) is 12.0 Å². The molecule has 6 heteroatoms. The Kier molecular flexibility index (Phi) is 5.86. The summed E-state index contributed by atoms with van der Waals surface area (Å²) in [6, 6.07) is 12.0. The average Bonchev–Trinajstić information content (AvgIpc) is 3.29. The number of carbonyl (C=O) groups excluding carboxylic acids is 1. The van der Waals surface area contributed by atoms with Crippen molar-refractivity contribution in [3.05, 3.63) is 52.9 Å². The fourth-order valence-corrected chi connectivity index (χ4v) is 4.54. The highest BCUT2D eigenvalue weighted by Crippen LogP contribution is 2.30. The molecule has 0 fully saturated rings. The van der Waals surface area contributed by atoms with Crippen LogP contribution in [0, 0.1) is 0 Å². The van der Waals surface area contributed by atoms with E-state index in [1.807, 2.05) is 48.7 Å². The van der Waals surface area contributed by atoms with Crippen LogP contribution in [0.1, 0.15) is 50.5 Å². The third-order valence-corrected chi connectivity index (χ3v) is 6.41. The van der Waals surface area contributed by atoms with Gasteiger partial charge in [-0.15, -0.1) is 21.5 Å². The number of hydrogen-bond donors (Lipinski definition) is 0. The second-order valence-corrected chi connectivity index (χ2v) is 9.74. The molecule has 0 aliphatic heterocycles. The number of rotatable bonds is 6. The Morgan fingerprint density at radius 3 is 2.44 bits per heavy atom. The van der Waals surface area contributed by atoms with Gasteiger partial charge in [-0.3, -0.25) is 4.79 Å². The van der Waals surface area contributed by atoms with E-state index in [-0.39, 0.29) is 16.4 Å². The maximum atomic E-state index is 12.9. The van der Waals surface area contributed by atoms with Crippen molar-refractivity contribution in [2.75, 3.05) is 0 Å². The van der Waals surface area contributed by atoms with E-state index in [1.54, 1.807) is 11.3 Å². The highest BCUT2D eigenvalue weighted by Gasteiger charge is 2.22. The summed E-state index contributed by atoms with van der Waals surface area (Å²) in [5, 5.41) is 11.3. The van der Waals surface area contributed by atoms with Gasteiger partial charge in [-0.2, -0.15) is 0 Å². The lowest BCUT2D eigenvalue weighted by molar-refractivity contribution is 0.0993. The number of Topliss-reactive ketones (excluding diaryl/α,β-unsaturated/α-hetero) is 1. The molecule has 0 aliphatic rings. The Labute approximate surface area is 169 Å². The van der Waals surface area contributed by atoms with Gasteiger partial charge in [0.25, 0.3) is 0 Å². The molecule has 0 N–H and O–H groups in total. The minimum Gasteiger partial charge on any atom is -0.302 e. The molecule has 4 nitrogen and oxygen atoms in total. The highest BCUT2D eigenvalue weighted by atomic mass is 32.2. The number of hydrogen-bond acceptors (Lipinski definition) is 5. The molecule has 3 aromatic rings. The van der Waals surface area contributed by atoms with Crippen LogP contribution >= 0.6 is 23.1 Å². The van der Waals surface area contributed by atoms with Crippen molar-refractivity contribution in [2.45, 2.75) is 57.0 Å². The van der Waals surface area contributed by atoms with Gasteiger partial charge in [0.1, 0.15) is 0 Å². The Bertz CT molecular complexity index is 906. The molecular weight excluding hydrogens is 374 g/mol. The van der Waals surface area contributed by atoms with E-state index in [2.05, 4.69) is 42.5 Å². The fraction of sp³-hybridized carbons (Fsp3) is 0.381. The smallest absolute Gasteiger partial charge is 0.192 e. The number of thiophene rings is 1. The van der Waals surface area contributed by atoms with Gasteiger partial charge < -0.3 is 4.57 Å². The van der Waals surface area contributed by atoms with Crippen LogP contribution in [-0.4, -0.2) is 25.8 Å². The number of nitrogens with zero attached hydrogens (tertiary/aromatic N) is 3. The number of aromatic nitrogens is 3. The first-order valence-electron chi connectivity index (χ1n) is 9.09. The Hall–Kier alpha value is -1.92. The summed E-state index contributed by atoms with van der Waals surface area (Å²) < 4.78 is 2.07. The summed E-state index contributed by atoms with van der Waals surface area (Å²) in [6.07, 6.45) is 0. The molecule has 0 spiro atoms. The predicted octanol–water partition coefficient (Wildman–Crippen LogP) is 5.69. The molecule has 3 rings (SSSR count). The van der Waals surface area contributed by atoms with Crippen LogP contribution in [0.15, 0.2) is 46.9 Å². The topological polar surface area (TPSA) is 47.8 Å². The SMILES string of the molecule is CCn1c(S[C@H](C)C(=O)c2ccc(C(C)(C)C)cc2)nnc1-c1cccs1. The van der Waals surface area contributed by atoms with E-state index in [0.29, 0.717) is 0 Å². The van der Waals surface area contributed by atoms with Crippen LogP contribution < -0.4 is 0 Å². The minimum atomic E-state index is -0.226. The number of benzene rings is 1. The zero-order valence-electron chi connectivity index (χ0n) is 16.4. The highest BCUT2D eigenvalue weighted by molar-refractivity contribution is 8.00. The molecule has 0 unspecified atom stereocenters. The van der Waals surface area contributed by atoms with Crippen LogP contribution in [0.25, 0.3) is 10.7 Å². The van der Waals surface area contributed by atoms with E-state index in [1.165, 1.54) is 17.3 Å². The molecule has 1 atom stereocenters. The third kappa shape index (κ3) is 4.33. The molecule has 0 saturated carbocycles. The van der Waals surface area contributed by atoms with Gasteiger partial charge in [0, 0.05) is 12.1 Å². The van der Waals surface area contributed by atoms with Crippen molar-refractivity contribution in [3.63, 3.8) is 0 Å². The number of thioether (sulfide) groups is 1. The van der Waals surface area contributed by atoms with Crippen molar-refractivity contribution in [1.29, 1.82) is 0 Å². The van der Waals surface area contributed by atoms with E-state index in [9.17, 15) is 4.79 Å². The molecule has 0 aliphatic carbocycles.